The van der Waals surface area contributed by atoms with Gasteiger partial charge in [-0.1, -0.05) is 24.6 Å². The maximum atomic E-state index is 5.73. The summed E-state index contributed by atoms with van der Waals surface area (Å²) in [6.07, 6.45) is 10.4. The second kappa shape index (κ2) is 7.40. The molecule has 1 aliphatic carbocycles. The highest BCUT2D eigenvalue weighted by Crippen LogP contribution is 2.40. The quantitative estimate of drug-likeness (QED) is 0.785. The maximum Gasteiger partial charge on any atom is 0.226 e. The smallest absolute Gasteiger partial charge is 0.226 e. The monoisotopic (exact) mass is 365 g/mol. The van der Waals surface area contributed by atoms with Gasteiger partial charge in [0.2, 0.25) is 5.89 Å². The fourth-order valence-corrected chi connectivity index (χ4v) is 5.32. The highest BCUT2D eigenvalue weighted by atomic mass is 16.3. The van der Waals surface area contributed by atoms with Gasteiger partial charge in [-0.3, -0.25) is 4.90 Å². The summed E-state index contributed by atoms with van der Waals surface area (Å²) in [5.41, 5.74) is 2.64. The largest absolute Gasteiger partial charge is 0.444 e. The van der Waals surface area contributed by atoms with Crippen molar-refractivity contribution in [1.82, 2.24) is 14.8 Å². The van der Waals surface area contributed by atoms with E-state index in [1.807, 2.05) is 24.5 Å². The number of hydrogen-bond donors (Lipinski definition) is 0. The van der Waals surface area contributed by atoms with Crippen LogP contribution in [0.15, 0.2) is 41.0 Å². The molecule has 0 bridgehead atoms. The first-order valence-corrected chi connectivity index (χ1v) is 10.7. The van der Waals surface area contributed by atoms with Gasteiger partial charge in [-0.05, 0) is 68.7 Å². The van der Waals surface area contributed by atoms with E-state index in [0.29, 0.717) is 5.41 Å². The molecule has 1 atom stereocenters. The Bertz CT molecular complexity index is 754. The summed E-state index contributed by atoms with van der Waals surface area (Å²) < 4.78 is 5.73. The van der Waals surface area contributed by atoms with Crippen LogP contribution in [-0.2, 0) is 6.54 Å². The third-order valence-corrected chi connectivity index (χ3v) is 6.96. The third kappa shape index (κ3) is 3.83. The van der Waals surface area contributed by atoms with Crippen LogP contribution in [0, 0.1) is 11.3 Å². The SMILES string of the molecule is c1ccc(-c2nc(CN3CCC4(CCCN(CC5CCC5)C4)C3)co2)cc1. The molecule has 1 saturated carbocycles. The van der Waals surface area contributed by atoms with E-state index in [1.54, 1.807) is 0 Å². The molecule has 4 heteroatoms. The number of likely N-dealkylation sites (tertiary alicyclic amines) is 2. The van der Waals surface area contributed by atoms with E-state index >= 15 is 0 Å². The van der Waals surface area contributed by atoms with Gasteiger partial charge in [0, 0.05) is 31.7 Å². The van der Waals surface area contributed by atoms with Crippen LogP contribution in [0.2, 0.25) is 0 Å². The lowest BCUT2D eigenvalue weighted by Crippen LogP contribution is -2.47. The summed E-state index contributed by atoms with van der Waals surface area (Å²) in [6, 6.07) is 10.2. The van der Waals surface area contributed by atoms with Crippen LogP contribution in [0.4, 0.5) is 0 Å². The standard InChI is InChI=1S/C23H31N3O/c1-2-8-20(9-3-1)22-24-21(16-27-22)15-26-13-11-23(18-26)10-5-12-25(17-23)14-19-6-4-7-19/h1-3,8-9,16,19H,4-7,10-15,17-18H2. The number of rotatable bonds is 5. The number of piperidine rings is 1. The molecule has 2 aromatic rings. The lowest BCUT2D eigenvalue weighted by Gasteiger charge is -2.43. The Morgan fingerprint density at radius 2 is 1.85 bits per heavy atom. The van der Waals surface area contributed by atoms with Gasteiger partial charge in [0.05, 0.1) is 5.69 Å². The minimum Gasteiger partial charge on any atom is -0.444 e. The Morgan fingerprint density at radius 3 is 2.67 bits per heavy atom. The summed E-state index contributed by atoms with van der Waals surface area (Å²) in [5.74, 6) is 1.73. The fraction of sp³-hybridized carbons (Fsp3) is 0.609. The molecule has 4 nitrogen and oxygen atoms in total. The zero-order valence-electron chi connectivity index (χ0n) is 16.3. The van der Waals surface area contributed by atoms with Crippen molar-refractivity contribution in [3.8, 4) is 11.5 Å². The molecule has 1 aromatic carbocycles. The summed E-state index contributed by atoms with van der Waals surface area (Å²) >= 11 is 0. The molecule has 3 heterocycles. The first kappa shape index (κ1) is 17.4. The van der Waals surface area contributed by atoms with Crippen molar-refractivity contribution in [1.29, 1.82) is 0 Å². The second-order valence-electron chi connectivity index (χ2n) is 9.11. The van der Waals surface area contributed by atoms with Crippen molar-refractivity contribution in [3.05, 3.63) is 42.3 Å². The summed E-state index contributed by atoms with van der Waals surface area (Å²) in [4.78, 5) is 10.1. The van der Waals surface area contributed by atoms with Gasteiger partial charge < -0.3 is 9.32 Å². The molecule has 1 aromatic heterocycles. The van der Waals surface area contributed by atoms with E-state index in [0.717, 1.165) is 29.6 Å². The van der Waals surface area contributed by atoms with E-state index < -0.39 is 0 Å². The van der Waals surface area contributed by atoms with Gasteiger partial charge in [-0.25, -0.2) is 4.98 Å². The zero-order valence-corrected chi connectivity index (χ0v) is 16.3. The highest BCUT2D eigenvalue weighted by molar-refractivity contribution is 5.52. The molecule has 27 heavy (non-hydrogen) atoms. The number of oxazole rings is 1. The molecule has 144 valence electrons. The van der Waals surface area contributed by atoms with Crippen molar-refractivity contribution < 1.29 is 4.42 Å². The molecular weight excluding hydrogens is 334 g/mol. The van der Waals surface area contributed by atoms with Crippen molar-refractivity contribution in [2.75, 3.05) is 32.7 Å². The van der Waals surface area contributed by atoms with Gasteiger partial charge in [-0.15, -0.1) is 0 Å². The molecule has 0 amide bonds. The Kier molecular flexibility index (Phi) is 4.78. The third-order valence-electron chi connectivity index (χ3n) is 6.96. The fourth-order valence-electron chi connectivity index (χ4n) is 5.32. The van der Waals surface area contributed by atoms with Crippen LogP contribution < -0.4 is 0 Å². The van der Waals surface area contributed by atoms with Crippen LogP contribution in [-0.4, -0.2) is 47.5 Å². The van der Waals surface area contributed by atoms with E-state index in [1.165, 1.54) is 71.2 Å². The molecule has 3 fully saturated rings. The first-order chi connectivity index (χ1) is 13.3. The van der Waals surface area contributed by atoms with E-state index in [4.69, 9.17) is 9.40 Å². The van der Waals surface area contributed by atoms with Crippen molar-refractivity contribution in [3.63, 3.8) is 0 Å². The molecule has 0 N–H and O–H groups in total. The Hall–Kier alpha value is -1.65. The first-order valence-electron chi connectivity index (χ1n) is 10.7. The number of hydrogen-bond acceptors (Lipinski definition) is 4. The minimum absolute atomic E-state index is 0.522. The van der Waals surface area contributed by atoms with Gasteiger partial charge in [-0.2, -0.15) is 0 Å². The Balaban J connectivity index is 1.19. The van der Waals surface area contributed by atoms with Gasteiger partial charge >= 0.3 is 0 Å². The molecule has 2 saturated heterocycles. The molecule has 3 aliphatic rings. The van der Waals surface area contributed by atoms with Crippen molar-refractivity contribution >= 4 is 0 Å². The van der Waals surface area contributed by atoms with Gasteiger partial charge in [0.1, 0.15) is 6.26 Å². The van der Waals surface area contributed by atoms with Crippen LogP contribution in [0.1, 0.15) is 44.2 Å². The molecule has 1 unspecified atom stereocenters. The van der Waals surface area contributed by atoms with Gasteiger partial charge in [0.25, 0.3) is 0 Å². The highest BCUT2D eigenvalue weighted by Gasteiger charge is 2.41. The number of aromatic nitrogens is 1. The predicted octanol–water partition coefficient (Wildman–Crippen LogP) is 4.43. The Labute approximate surface area is 162 Å². The lowest BCUT2D eigenvalue weighted by molar-refractivity contribution is 0.0667. The average Bonchev–Trinajstić information content (AvgIpc) is 3.27. The van der Waals surface area contributed by atoms with Crippen LogP contribution in [0.5, 0.6) is 0 Å². The second-order valence-corrected chi connectivity index (χ2v) is 9.11. The molecule has 0 radical (unpaired) electrons. The van der Waals surface area contributed by atoms with E-state index in [-0.39, 0.29) is 0 Å². The predicted molar refractivity (Wildman–Crippen MR) is 107 cm³/mol. The van der Waals surface area contributed by atoms with E-state index in [9.17, 15) is 0 Å². The van der Waals surface area contributed by atoms with Crippen LogP contribution >= 0.6 is 0 Å². The molecule has 1 spiro atoms. The topological polar surface area (TPSA) is 32.5 Å². The number of nitrogens with zero attached hydrogens (tertiary/aromatic N) is 3. The minimum atomic E-state index is 0.522. The zero-order chi connectivity index (χ0) is 18.1. The molecular formula is C23H31N3O. The maximum absolute atomic E-state index is 5.73. The summed E-state index contributed by atoms with van der Waals surface area (Å²) in [5, 5.41) is 0. The van der Waals surface area contributed by atoms with Crippen molar-refractivity contribution in [2.45, 2.75) is 45.1 Å². The summed E-state index contributed by atoms with van der Waals surface area (Å²) in [7, 11) is 0. The average molecular weight is 366 g/mol. The molecule has 5 rings (SSSR count). The van der Waals surface area contributed by atoms with Crippen LogP contribution in [0.3, 0.4) is 0 Å². The van der Waals surface area contributed by atoms with Gasteiger partial charge in [0.15, 0.2) is 0 Å². The van der Waals surface area contributed by atoms with Crippen LogP contribution in [0.25, 0.3) is 11.5 Å². The molecule has 2 aliphatic heterocycles. The lowest BCUT2D eigenvalue weighted by atomic mass is 9.78. The summed E-state index contributed by atoms with van der Waals surface area (Å²) in [6.45, 7) is 7.33. The van der Waals surface area contributed by atoms with Crippen molar-refractivity contribution in [2.24, 2.45) is 11.3 Å². The van der Waals surface area contributed by atoms with E-state index in [2.05, 4.69) is 21.9 Å². The number of benzene rings is 1. The Morgan fingerprint density at radius 1 is 1.00 bits per heavy atom. The normalized spacial score (nSPS) is 27.3.